The Hall–Kier alpha value is -1.95. The monoisotopic (exact) mass is 335 g/mol. The largest absolute Gasteiger partial charge is 0.511 e. The Morgan fingerprint density at radius 3 is 2.43 bits per heavy atom. The Labute approximate surface area is 136 Å². The SMILES string of the molecule is Cc1ccc(C(=O)C2=C(O)CCCC2=O)c(C)c1N=S(C)(C)=O. The summed E-state index contributed by atoms with van der Waals surface area (Å²) in [5.74, 6) is -0.952. The van der Waals surface area contributed by atoms with Crippen molar-refractivity contribution in [3.63, 3.8) is 0 Å². The number of carbonyl (C=O) groups excluding carboxylic acids is 2. The maximum atomic E-state index is 12.7. The molecule has 0 aliphatic heterocycles. The molecule has 0 fully saturated rings. The second-order valence-electron chi connectivity index (χ2n) is 6.10. The Morgan fingerprint density at radius 1 is 1.22 bits per heavy atom. The van der Waals surface area contributed by atoms with Crippen LogP contribution < -0.4 is 0 Å². The highest BCUT2D eigenvalue weighted by molar-refractivity contribution is 7.92. The number of Topliss-reactive ketones (excluding diaryl/α,β-unsaturated/α-hetero) is 2. The summed E-state index contributed by atoms with van der Waals surface area (Å²) < 4.78 is 16.2. The highest BCUT2D eigenvalue weighted by Crippen LogP contribution is 2.31. The summed E-state index contributed by atoms with van der Waals surface area (Å²) in [5, 5.41) is 9.94. The van der Waals surface area contributed by atoms with Gasteiger partial charge in [-0.3, -0.25) is 9.59 Å². The highest BCUT2D eigenvalue weighted by atomic mass is 32.2. The van der Waals surface area contributed by atoms with Crippen LogP contribution in [0.2, 0.25) is 0 Å². The maximum absolute atomic E-state index is 12.7. The summed E-state index contributed by atoms with van der Waals surface area (Å²) in [6.07, 6.45) is 4.22. The first-order chi connectivity index (χ1) is 10.6. The van der Waals surface area contributed by atoms with Crippen molar-refractivity contribution >= 4 is 27.0 Å². The number of aliphatic hydroxyl groups excluding tert-OH is 1. The van der Waals surface area contributed by atoms with E-state index in [1.54, 1.807) is 19.1 Å². The molecule has 2 rings (SSSR count). The van der Waals surface area contributed by atoms with E-state index in [0.717, 1.165) is 5.56 Å². The molecule has 1 aliphatic carbocycles. The molecule has 1 aliphatic rings. The van der Waals surface area contributed by atoms with E-state index in [2.05, 4.69) is 4.36 Å². The van der Waals surface area contributed by atoms with Crippen LogP contribution in [0.15, 0.2) is 27.8 Å². The minimum atomic E-state index is -2.38. The molecule has 0 aromatic heterocycles. The number of aryl methyl sites for hydroxylation is 1. The maximum Gasteiger partial charge on any atom is 0.200 e. The lowest BCUT2D eigenvalue weighted by Crippen LogP contribution is -2.20. The third-order valence-corrected chi connectivity index (χ3v) is 4.42. The van der Waals surface area contributed by atoms with Crippen LogP contribution in [0.3, 0.4) is 0 Å². The number of carbonyl (C=O) groups is 2. The molecule has 0 saturated heterocycles. The molecule has 0 saturated carbocycles. The van der Waals surface area contributed by atoms with E-state index >= 15 is 0 Å². The van der Waals surface area contributed by atoms with E-state index in [4.69, 9.17) is 0 Å². The molecule has 1 aromatic carbocycles. The Morgan fingerprint density at radius 2 is 1.87 bits per heavy atom. The van der Waals surface area contributed by atoms with E-state index in [-0.39, 0.29) is 23.5 Å². The molecule has 0 atom stereocenters. The number of ketones is 2. The fourth-order valence-corrected chi connectivity index (χ4v) is 3.38. The van der Waals surface area contributed by atoms with Crippen molar-refractivity contribution in [2.75, 3.05) is 12.5 Å². The number of hydrogen-bond acceptors (Lipinski definition) is 5. The second kappa shape index (κ2) is 6.28. The fourth-order valence-electron chi connectivity index (χ4n) is 2.66. The molecule has 5 nitrogen and oxygen atoms in total. The molecule has 0 bridgehead atoms. The van der Waals surface area contributed by atoms with Crippen LogP contribution in [0.1, 0.15) is 40.7 Å². The number of benzene rings is 1. The predicted molar refractivity (Wildman–Crippen MR) is 90.8 cm³/mol. The van der Waals surface area contributed by atoms with Crippen molar-refractivity contribution < 1.29 is 18.9 Å². The summed E-state index contributed by atoms with van der Waals surface area (Å²) in [4.78, 5) is 24.7. The zero-order chi connectivity index (χ0) is 17.4. The van der Waals surface area contributed by atoms with Crippen LogP contribution in [-0.2, 0) is 14.5 Å². The molecule has 124 valence electrons. The first-order valence-corrected chi connectivity index (χ1v) is 9.72. The molecule has 0 spiro atoms. The van der Waals surface area contributed by atoms with Gasteiger partial charge in [0.2, 0.25) is 0 Å². The number of aliphatic hydroxyl groups is 1. The Bertz CT molecular complexity index is 834. The van der Waals surface area contributed by atoms with Gasteiger partial charge in [0.1, 0.15) is 11.3 Å². The molecule has 0 heterocycles. The second-order valence-corrected chi connectivity index (χ2v) is 8.65. The standard InChI is InChI=1S/C17H21NO4S/c1-10-8-9-12(11(2)16(10)18-23(3,4)22)17(21)15-13(19)6-5-7-14(15)20/h8-9,19H,5-7H2,1-4H3. The van der Waals surface area contributed by atoms with Crippen LogP contribution in [0, 0.1) is 13.8 Å². The van der Waals surface area contributed by atoms with Crippen molar-refractivity contribution in [3.8, 4) is 0 Å². The quantitative estimate of drug-likeness (QED) is 0.677. The first kappa shape index (κ1) is 17.4. The highest BCUT2D eigenvalue weighted by Gasteiger charge is 2.28. The molecule has 23 heavy (non-hydrogen) atoms. The lowest BCUT2D eigenvalue weighted by atomic mass is 9.88. The van der Waals surface area contributed by atoms with Gasteiger partial charge in [-0.05, 0) is 31.4 Å². The third-order valence-electron chi connectivity index (χ3n) is 3.80. The van der Waals surface area contributed by atoms with Crippen LogP contribution >= 0.6 is 0 Å². The van der Waals surface area contributed by atoms with Gasteiger partial charge in [-0.25, -0.2) is 4.21 Å². The smallest absolute Gasteiger partial charge is 0.200 e. The van der Waals surface area contributed by atoms with E-state index < -0.39 is 15.5 Å². The summed E-state index contributed by atoms with van der Waals surface area (Å²) in [5.41, 5.74) is 2.08. The van der Waals surface area contributed by atoms with Gasteiger partial charge in [0.15, 0.2) is 11.6 Å². The van der Waals surface area contributed by atoms with Crippen LogP contribution in [0.25, 0.3) is 0 Å². The summed E-state index contributed by atoms with van der Waals surface area (Å²) in [6.45, 7) is 3.54. The normalized spacial score (nSPS) is 15.7. The number of rotatable bonds is 3. The molecule has 1 aromatic rings. The minimum Gasteiger partial charge on any atom is -0.511 e. The average Bonchev–Trinajstić information content (AvgIpc) is 2.42. The van der Waals surface area contributed by atoms with E-state index in [9.17, 15) is 18.9 Å². The zero-order valence-electron chi connectivity index (χ0n) is 13.8. The van der Waals surface area contributed by atoms with Gasteiger partial charge in [-0.15, -0.1) is 0 Å². The van der Waals surface area contributed by atoms with Crippen molar-refractivity contribution in [2.24, 2.45) is 4.36 Å². The fraction of sp³-hybridized carbons (Fsp3) is 0.412. The topological polar surface area (TPSA) is 83.8 Å². The molecule has 6 heteroatoms. The van der Waals surface area contributed by atoms with Gasteiger partial charge in [-0.2, -0.15) is 4.36 Å². The van der Waals surface area contributed by atoms with Crippen LogP contribution in [0.4, 0.5) is 5.69 Å². The summed E-state index contributed by atoms with van der Waals surface area (Å²) in [6, 6.07) is 3.34. The third kappa shape index (κ3) is 3.69. The average molecular weight is 335 g/mol. The molecule has 0 unspecified atom stereocenters. The number of allylic oxidation sites excluding steroid dienone is 2. The molecular weight excluding hydrogens is 314 g/mol. The molecule has 1 N–H and O–H groups in total. The lowest BCUT2D eigenvalue weighted by molar-refractivity contribution is -0.116. The van der Waals surface area contributed by atoms with Crippen molar-refractivity contribution in [1.82, 2.24) is 0 Å². The van der Waals surface area contributed by atoms with Gasteiger partial charge in [0.25, 0.3) is 0 Å². The summed E-state index contributed by atoms with van der Waals surface area (Å²) in [7, 11) is -2.38. The van der Waals surface area contributed by atoms with Crippen LogP contribution in [-0.4, -0.2) is 33.4 Å². The Balaban J connectivity index is 2.62. The van der Waals surface area contributed by atoms with Crippen LogP contribution in [0.5, 0.6) is 0 Å². The lowest BCUT2D eigenvalue weighted by Gasteiger charge is -2.16. The minimum absolute atomic E-state index is 0.122. The van der Waals surface area contributed by atoms with Crippen molar-refractivity contribution in [3.05, 3.63) is 40.2 Å². The van der Waals surface area contributed by atoms with Gasteiger partial charge < -0.3 is 5.11 Å². The van der Waals surface area contributed by atoms with Gasteiger partial charge >= 0.3 is 0 Å². The van der Waals surface area contributed by atoms with Gasteiger partial charge in [0.05, 0.1) is 5.69 Å². The van der Waals surface area contributed by atoms with Gasteiger partial charge in [-0.1, -0.05) is 12.1 Å². The molecule has 0 radical (unpaired) electrons. The van der Waals surface area contributed by atoms with Crippen molar-refractivity contribution in [2.45, 2.75) is 33.1 Å². The van der Waals surface area contributed by atoms with E-state index in [1.165, 1.54) is 12.5 Å². The number of hydrogen-bond donors (Lipinski definition) is 1. The van der Waals surface area contributed by atoms with Gasteiger partial charge in [0, 0.05) is 40.6 Å². The van der Waals surface area contributed by atoms with E-state index in [1.807, 2.05) is 6.92 Å². The predicted octanol–water partition coefficient (Wildman–Crippen LogP) is 3.41. The zero-order valence-corrected chi connectivity index (χ0v) is 14.6. The van der Waals surface area contributed by atoms with E-state index in [0.29, 0.717) is 29.7 Å². The Kier molecular flexibility index (Phi) is 4.75. The first-order valence-electron chi connectivity index (χ1n) is 7.39. The summed E-state index contributed by atoms with van der Waals surface area (Å²) >= 11 is 0. The molecule has 0 amide bonds. The number of nitrogens with zero attached hydrogens (tertiary/aromatic N) is 1. The molecular formula is C17H21NO4S. The van der Waals surface area contributed by atoms with Crippen molar-refractivity contribution in [1.29, 1.82) is 0 Å².